The summed E-state index contributed by atoms with van der Waals surface area (Å²) < 4.78 is 6.06. The van der Waals surface area contributed by atoms with E-state index in [1.807, 2.05) is 6.07 Å². The van der Waals surface area contributed by atoms with Gasteiger partial charge in [0.25, 0.3) is 0 Å². The fourth-order valence-corrected chi connectivity index (χ4v) is 2.96. The van der Waals surface area contributed by atoms with Gasteiger partial charge in [-0.1, -0.05) is 39.0 Å². The number of rotatable bonds is 5. The molecule has 0 aliphatic rings. The van der Waals surface area contributed by atoms with E-state index in [1.165, 1.54) is 10.9 Å². The molecule has 0 amide bonds. The Kier molecular flexibility index (Phi) is 4.48. The summed E-state index contributed by atoms with van der Waals surface area (Å²) in [7, 11) is 0. The largest absolute Gasteiger partial charge is 0.461 e. The average molecular weight is 287 g/mol. The van der Waals surface area contributed by atoms with Crippen LogP contribution in [0.5, 0.6) is 0 Å². The fraction of sp³-hybridized carbons (Fsp3) is 0.579. The summed E-state index contributed by atoms with van der Waals surface area (Å²) in [5.74, 6) is 1.14. The van der Waals surface area contributed by atoms with Crippen molar-refractivity contribution >= 4 is 11.0 Å². The number of fused-ring (bicyclic) bond motifs is 1. The smallest absolute Gasteiger partial charge is 0.134 e. The number of benzene rings is 1. The molecule has 2 nitrogen and oxygen atoms in total. The van der Waals surface area contributed by atoms with Gasteiger partial charge in [0.05, 0.1) is 0 Å². The minimum Gasteiger partial charge on any atom is -0.461 e. The third kappa shape index (κ3) is 3.68. The highest BCUT2D eigenvalue weighted by molar-refractivity contribution is 5.83. The van der Waals surface area contributed by atoms with E-state index in [0.717, 1.165) is 30.7 Å². The van der Waals surface area contributed by atoms with Gasteiger partial charge >= 0.3 is 0 Å². The van der Waals surface area contributed by atoms with Crippen molar-refractivity contribution in [1.29, 1.82) is 0 Å². The standard InChI is InChI=1S/C19H29NO/c1-7-15-17(14-10-8-9-11-16(14)21-15)19(5,6)12-13-20-18(2,3)4/h8-11,20H,7,12-13H2,1-6H3. The molecule has 0 aliphatic carbocycles. The highest BCUT2D eigenvalue weighted by Gasteiger charge is 2.28. The Balaban J connectivity index is 2.30. The molecule has 1 aromatic heterocycles. The molecule has 2 aromatic rings. The van der Waals surface area contributed by atoms with E-state index in [1.54, 1.807) is 0 Å². The monoisotopic (exact) mass is 287 g/mol. The van der Waals surface area contributed by atoms with Crippen molar-refractivity contribution in [1.82, 2.24) is 5.32 Å². The lowest BCUT2D eigenvalue weighted by atomic mass is 9.79. The molecule has 0 fully saturated rings. The summed E-state index contributed by atoms with van der Waals surface area (Å²) >= 11 is 0. The van der Waals surface area contributed by atoms with Crippen LogP contribution in [0.4, 0.5) is 0 Å². The van der Waals surface area contributed by atoms with Gasteiger partial charge in [-0.25, -0.2) is 0 Å². The number of para-hydroxylation sites is 1. The molecule has 0 saturated carbocycles. The van der Waals surface area contributed by atoms with Gasteiger partial charge in [-0.15, -0.1) is 0 Å². The van der Waals surface area contributed by atoms with Crippen molar-refractivity contribution in [2.24, 2.45) is 0 Å². The Hall–Kier alpha value is -1.28. The van der Waals surface area contributed by atoms with Gasteiger partial charge in [-0.05, 0) is 45.2 Å². The first-order chi connectivity index (χ1) is 9.74. The molecule has 2 rings (SSSR count). The average Bonchev–Trinajstić information content (AvgIpc) is 2.75. The normalized spacial score (nSPS) is 13.0. The number of furan rings is 1. The molecule has 0 aliphatic heterocycles. The van der Waals surface area contributed by atoms with Gasteiger partial charge in [0.1, 0.15) is 11.3 Å². The maximum Gasteiger partial charge on any atom is 0.134 e. The zero-order valence-corrected chi connectivity index (χ0v) is 14.3. The SMILES string of the molecule is CCc1oc2ccccc2c1C(C)(C)CCNC(C)(C)C. The molecule has 0 saturated heterocycles. The summed E-state index contributed by atoms with van der Waals surface area (Å²) in [4.78, 5) is 0. The van der Waals surface area contributed by atoms with Gasteiger partial charge in [-0.3, -0.25) is 0 Å². The second-order valence-corrected chi connectivity index (χ2v) is 7.56. The molecular formula is C19H29NO. The fourth-order valence-electron chi connectivity index (χ4n) is 2.96. The minimum absolute atomic E-state index is 0.107. The van der Waals surface area contributed by atoms with E-state index in [4.69, 9.17) is 4.42 Å². The second kappa shape index (κ2) is 5.84. The van der Waals surface area contributed by atoms with Crippen molar-refractivity contribution in [3.63, 3.8) is 0 Å². The van der Waals surface area contributed by atoms with E-state index in [0.29, 0.717) is 0 Å². The van der Waals surface area contributed by atoms with Gasteiger partial charge in [0, 0.05) is 22.9 Å². The first kappa shape index (κ1) is 16.1. The van der Waals surface area contributed by atoms with Crippen LogP contribution < -0.4 is 5.32 Å². The van der Waals surface area contributed by atoms with Crippen molar-refractivity contribution in [2.75, 3.05) is 6.54 Å². The Morgan fingerprint density at radius 3 is 2.33 bits per heavy atom. The Labute approximate surface area is 128 Å². The molecule has 1 aromatic carbocycles. The van der Waals surface area contributed by atoms with Gasteiger partial charge in [-0.2, -0.15) is 0 Å². The molecule has 21 heavy (non-hydrogen) atoms. The van der Waals surface area contributed by atoms with Crippen LogP contribution in [0.3, 0.4) is 0 Å². The molecule has 0 spiro atoms. The third-order valence-electron chi connectivity index (χ3n) is 4.07. The van der Waals surface area contributed by atoms with Crippen LogP contribution in [0.2, 0.25) is 0 Å². The van der Waals surface area contributed by atoms with Crippen molar-refractivity contribution in [2.45, 2.75) is 65.3 Å². The molecule has 116 valence electrons. The molecule has 0 atom stereocenters. The van der Waals surface area contributed by atoms with Crippen LogP contribution in [-0.2, 0) is 11.8 Å². The predicted molar refractivity (Wildman–Crippen MR) is 91.0 cm³/mol. The molecule has 2 heteroatoms. The van der Waals surface area contributed by atoms with Crippen molar-refractivity contribution in [3.05, 3.63) is 35.6 Å². The highest BCUT2D eigenvalue weighted by atomic mass is 16.3. The molecular weight excluding hydrogens is 258 g/mol. The van der Waals surface area contributed by atoms with Gasteiger partial charge < -0.3 is 9.73 Å². The van der Waals surface area contributed by atoms with E-state index in [9.17, 15) is 0 Å². The molecule has 0 bridgehead atoms. The summed E-state index contributed by atoms with van der Waals surface area (Å²) in [5.41, 5.74) is 2.68. The van der Waals surface area contributed by atoms with Crippen molar-refractivity contribution < 1.29 is 4.42 Å². The van der Waals surface area contributed by atoms with Crippen LogP contribution in [0.15, 0.2) is 28.7 Å². The lowest BCUT2D eigenvalue weighted by Gasteiger charge is -2.28. The topological polar surface area (TPSA) is 25.2 Å². The quantitative estimate of drug-likeness (QED) is 0.832. The Morgan fingerprint density at radius 2 is 1.71 bits per heavy atom. The number of aryl methyl sites for hydroxylation is 1. The first-order valence-corrected chi connectivity index (χ1v) is 8.00. The number of hydrogen-bond donors (Lipinski definition) is 1. The van der Waals surface area contributed by atoms with Crippen LogP contribution in [-0.4, -0.2) is 12.1 Å². The Morgan fingerprint density at radius 1 is 1.05 bits per heavy atom. The Bertz CT molecular complexity index is 602. The molecule has 1 N–H and O–H groups in total. The summed E-state index contributed by atoms with van der Waals surface area (Å²) in [6, 6.07) is 8.40. The van der Waals surface area contributed by atoms with Crippen LogP contribution in [0.25, 0.3) is 11.0 Å². The molecule has 0 radical (unpaired) electrons. The number of hydrogen-bond acceptors (Lipinski definition) is 2. The van der Waals surface area contributed by atoms with E-state index in [2.05, 4.69) is 65.1 Å². The van der Waals surface area contributed by atoms with E-state index >= 15 is 0 Å². The lowest BCUT2D eigenvalue weighted by molar-refractivity contribution is 0.376. The van der Waals surface area contributed by atoms with Gasteiger partial charge in [0.2, 0.25) is 0 Å². The van der Waals surface area contributed by atoms with E-state index < -0.39 is 0 Å². The maximum atomic E-state index is 6.06. The number of nitrogens with one attached hydrogen (secondary N) is 1. The van der Waals surface area contributed by atoms with Crippen molar-refractivity contribution in [3.8, 4) is 0 Å². The predicted octanol–water partition coefficient (Wildman–Crippen LogP) is 5.05. The van der Waals surface area contributed by atoms with Crippen LogP contribution >= 0.6 is 0 Å². The molecule has 0 unspecified atom stereocenters. The summed E-state index contributed by atoms with van der Waals surface area (Å²) in [6.45, 7) is 14.5. The van der Waals surface area contributed by atoms with Crippen LogP contribution in [0.1, 0.15) is 59.3 Å². The summed E-state index contributed by atoms with van der Waals surface area (Å²) in [5, 5.41) is 4.87. The van der Waals surface area contributed by atoms with Crippen LogP contribution in [0, 0.1) is 0 Å². The highest BCUT2D eigenvalue weighted by Crippen LogP contribution is 2.37. The van der Waals surface area contributed by atoms with Gasteiger partial charge in [0.15, 0.2) is 0 Å². The third-order valence-corrected chi connectivity index (χ3v) is 4.07. The second-order valence-electron chi connectivity index (χ2n) is 7.56. The zero-order valence-electron chi connectivity index (χ0n) is 14.3. The molecule has 1 heterocycles. The zero-order chi connectivity index (χ0) is 15.7. The van der Waals surface area contributed by atoms with E-state index in [-0.39, 0.29) is 11.0 Å². The first-order valence-electron chi connectivity index (χ1n) is 8.00. The summed E-state index contributed by atoms with van der Waals surface area (Å²) in [6.07, 6.45) is 2.04. The lowest BCUT2D eigenvalue weighted by Crippen LogP contribution is -2.38. The minimum atomic E-state index is 0.107. The maximum absolute atomic E-state index is 6.06.